The highest BCUT2D eigenvalue weighted by Crippen LogP contribution is 2.18. The zero-order valence-corrected chi connectivity index (χ0v) is 9.07. The van der Waals surface area contributed by atoms with Gasteiger partial charge in [0.05, 0.1) is 0 Å². The van der Waals surface area contributed by atoms with Gasteiger partial charge in [0.15, 0.2) is 11.6 Å². The number of hydrogen-bond donors (Lipinski definition) is 1. The Morgan fingerprint density at radius 2 is 2.00 bits per heavy atom. The third-order valence-electron chi connectivity index (χ3n) is 2.05. The molecule has 0 radical (unpaired) electrons. The first kappa shape index (κ1) is 14.1. The van der Waals surface area contributed by atoms with E-state index in [-0.39, 0.29) is 18.4 Å². The fourth-order valence-electron chi connectivity index (χ4n) is 1.21. The molecule has 1 rings (SSSR count). The maximum absolute atomic E-state index is 12.8. The lowest BCUT2D eigenvalue weighted by atomic mass is 10.0. The van der Waals surface area contributed by atoms with Gasteiger partial charge in [-0.05, 0) is 30.5 Å². The molecule has 0 aliphatic rings. The van der Waals surface area contributed by atoms with Gasteiger partial charge in [0.1, 0.15) is 0 Å². The van der Waals surface area contributed by atoms with Crippen molar-refractivity contribution < 1.29 is 8.78 Å². The molecule has 0 bridgehead atoms. The second-order valence-electron chi connectivity index (χ2n) is 3.15. The number of allylic oxidation sites excluding steroid dienone is 1. The average Bonchev–Trinajstić information content (AvgIpc) is 2.18. The van der Waals surface area contributed by atoms with Crippen LogP contribution in [0.3, 0.4) is 0 Å². The Kier molecular flexibility index (Phi) is 6.13. The molecule has 0 spiro atoms. The minimum Gasteiger partial charge on any atom is -0.324 e. The standard InChI is InChI=1S/C11H13F2N.ClH/c1-2-3-4-11(14)8-5-6-9(12)10(13)7-8;/h2,5-7,11H,1,3-4,14H2;1H/t11-;/m1./s1. The number of rotatable bonds is 4. The predicted octanol–water partition coefficient (Wildman–Crippen LogP) is 3.35. The Labute approximate surface area is 94.4 Å². The Hall–Kier alpha value is -0.930. The Balaban J connectivity index is 0.00000196. The van der Waals surface area contributed by atoms with E-state index in [9.17, 15) is 8.78 Å². The molecule has 15 heavy (non-hydrogen) atoms. The molecule has 84 valence electrons. The molecule has 0 aromatic heterocycles. The van der Waals surface area contributed by atoms with E-state index in [4.69, 9.17) is 5.73 Å². The summed E-state index contributed by atoms with van der Waals surface area (Å²) in [4.78, 5) is 0. The van der Waals surface area contributed by atoms with E-state index in [2.05, 4.69) is 6.58 Å². The molecule has 0 fully saturated rings. The minimum atomic E-state index is -0.850. The molecule has 1 aromatic carbocycles. The van der Waals surface area contributed by atoms with Crippen molar-refractivity contribution in [1.82, 2.24) is 0 Å². The Morgan fingerprint density at radius 1 is 1.33 bits per heavy atom. The topological polar surface area (TPSA) is 26.0 Å². The van der Waals surface area contributed by atoms with Crippen molar-refractivity contribution in [2.45, 2.75) is 18.9 Å². The first-order valence-corrected chi connectivity index (χ1v) is 4.46. The van der Waals surface area contributed by atoms with Crippen molar-refractivity contribution in [2.24, 2.45) is 5.73 Å². The van der Waals surface area contributed by atoms with Crippen LogP contribution in [0.2, 0.25) is 0 Å². The SMILES string of the molecule is C=CCC[C@@H](N)c1ccc(F)c(F)c1.Cl. The normalized spacial score (nSPS) is 11.7. The van der Waals surface area contributed by atoms with Crippen LogP contribution >= 0.6 is 12.4 Å². The molecular weight excluding hydrogens is 220 g/mol. The summed E-state index contributed by atoms with van der Waals surface area (Å²) in [5, 5.41) is 0. The van der Waals surface area contributed by atoms with Crippen LogP contribution in [0.15, 0.2) is 30.9 Å². The van der Waals surface area contributed by atoms with Crippen LogP contribution < -0.4 is 5.73 Å². The van der Waals surface area contributed by atoms with Gasteiger partial charge >= 0.3 is 0 Å². The molecule has 1 atom stereocenters. The Bertz CT molecular complexity index is 328. The average molecular weight is 234 g/mol. The van der Waals surface area contributed by atoms with Crippen molar-refractivity contribution in [1.29, 1.82) is 0 Å². The van der Waals surface area contributed by atoms with Gasteiger partial charge in [0.25, 0.3) is 0 Å². The van der Waals surface area contributed by atoms with Crippen LogP contribution in [0.4, 0.5) is 8.78 Å². The van der Waals surface area contributed by atoms with E-state index in [1.807, 2.05) is 0 Å². The van der Waals surface area contributed by atoms with E-state index in [0.717, 1.165) is 18.6 Å². The third-order valence-corrected chi connectivity index (χ3v) is 2.05. The van der Waals surface area contributed by atoms with E-state index < -0.39 is 11.6 Å². The second-order valence-corrected chi connectivity index (χ2v) is 3.15. The predicted molar refractivity (Wildman–Crippen MR) is 60.0 cm³/mol. The van der Waals surface area contributed by atoms with E-state index in [0.29, 0.717) is 12.0 Å². The highest BCUT2D eigenvalue weighted by molar-refractivity contribution is 5.85. The molecular formula is C11H14ClF2N. The minimum absolute atomic E-state index is 0. The van der Waals surface area contributed by atoms with Gasteiger partial charge in [0, 0.05) is 6.04 Å². The van der Waals surface area contributed by atoms with Crippen molar-refractivity contribution >= 4 is 12.4 Å². The van der Waals surface area contributed by atoms with Crippen LogP contribution in [0.1, 0.15) is 24.4 Å². The fourth-order valence-corrected chi connectivity index (χ4v) is 1.21. The maximum Gasteiger partial charge on any atom is 0.159 e. The molecule has 2 N–H and O–H groups in total. The van der Waals surface area contributed by atoms with Gasteiger partial charge in [0.2, 0.25) is 0 Å². The molecule has 0 unspecified atom stereocenters. The summed E-state index contributed by atoms with van der Waals surface area (Å²) in [5.41, 5.74) is 6.38. The van der Waals surface area contributed by atoms with Gasteiger partial charge in [-0.1, -0.05) is 12.1 Å². The van der Waals surface area contributed by atoms with Crippen LogP contribution in [-0.4, -0.2) is 0 Å². The summed E-state index contributed by atoms with van der Waals surface area (Å²) >= 11 is 0. The summed E-state index contributed by atoms with van der Waals surface area (Å²) in [7, 11) is 0. The van der Waals surface area contributed by atoms with Crippen molar-refractivity contribution in [3.63, 3.8) is 0 Å². The molecule has 0 aliphatic carbocycles. The largest absolute Gasteiger partial charge is 0.324 e. The fraction of sp³-hybridized carbons (Fsp3) is 0.273. The summed E-state index contributed by atoms with van der Waals surface area (Å²) in [6.45, 7) is 3.57. The highest BCUT2D eigenvalue weighted by atomic mass is 35.5. The summed E-state index contributed by atoms with van der Waals surface area (Å²) < 4.78 is 25.4. The zero-order chi connectivity index (χ0) is 10.6. The smallest absolute Gasteiger partial charge is 0.159 e. The van der Waals surface area contributed by atoms with Crippen molar-refractivity contribution in [2.75, 3.05) is 0 Å². The zero-order valence-electron chi connectivity index (χ0n) is 8.25. The summed E-state index contributed by atoms with van der Waals surface area (Å²) in [6.07, 6.45) is 3.20. The highest BCUT2D eigenvalue weighted by Gasteiger charge is 2.08. The molecule has 0 saturated heterocycles. The van der Waals surface area contributed by atoms with Crippen LogP contribution in [0, 0.1) is 11.6 Å². The Morgan fingerprint density at radius 3 is 2.53 bits per heavy atom. The van der Waals surface area contributed by atoms with Gasteiger partial charge in [-0.25, -0.2) is 8.78 Å². The molecule has 1 nitrogen and oxygen atoms in total. The molecule has 0 aliphatic heterocycles. The van der Waals surface area contributed by atoms with E-state index >= 15 is 0 Å². The van der Waals surface area contributed by atoms with Gasteiger partial charge < -0.3 is 5.73 Å². The molecule has 4 heteroatoms. The number of benzene rings is 1. The third kappa shape index (κ3) is 3.98. The van der Waals surface area contributed by atoms with E-state index in [1.54, 1.807) is 6.08 Å². The van der Waals surface area contributed by atoms with Gasteiger partial charge in [-0.2, -0.15) is 0 Å². The van der Waals surface area contributed by atoms with Crippen molar-refractivity contribution in [3.05, 3.63) is 48.1 Å². The first-order chi connectivity index (χ1) is 6.65. The molecule has 0 heterocycles. The summed E-state index contributed by atoms with van der Waals surface area (Å²) in [6, 6.07) is 3.48. The molecule has 0 amide bonds. The number of hydrogen-bond acceptors (Lipinski definition) is 1. The van der Waals surface area contributed by atoms with E-state index in [1.165, 1.54) is 6.07 Å². The number of nitrogens with two attached hydrogens (primary N) is 1. The number of halogens is 3. The van der Waals surface area contributed by atoms with Crippen LogP contribution in [0.5, 0.6) is 0 Å². The van der Waals surface area contributed by atoms with Crippen LogP contribution in [-0.2, 0) is 0 Å². The quantitative estimate of drug-likeness (QED) is 0.793. The summed E-state index contributed by atoms with van der Waals surface area (Å²) in [5.74, 6) is -1.69. The lowest BCUT2D eigenvalue weighted by Crippen LogP contribution is -2.10. The maximum atomic E-state index is 12.8. The molecule has 0 saturated carbocycles. The van der Waals surface area contributed by atoms with Gasteiger partial charge in [-0.3, -0.25) is 0 Å². The molecule has 1 aromatic rings. The second kappa shape index (κ2) is 6.53. The monoisotopic (exact) mass is 233 g/mol. The lowest BCUT2D eigenvalue weighted by molar-refractivity contribution is 0.504. The first-order valence-electron chi connectivity index (χ1n) is 4.46. The lowest BCUT2D eigenvalue weighted by Gasteiger charge is -2.10. The van der Waals surface area contributed by atoms with Crippen LogP contribution in [0.25, 0.3) is 0 Å². The van der Waals surface area contributed by atoms with Crippen molar-refractivity contribution in [3.8, 4) is 0 Å². The van der Waals surface area contributed by atoms with Gasteiger partial charge in [-0.15, -0.1) is 19.0 Å².